The fourth-order valence-electron chi connectivity index (χ4n) is 2.89. The molecule has 0 fully saturated rings. The van der Waals surface area contributed by atoms with Crippen LogP contribution in [0.5, 0.6) is 17.2 Å². The van der Waals surface area contributed by atoms with Gasteiger partial charge in [0, 0.05) is 11.6 Å². The van der Waals surface area contributed by atoms with Crippen LogP contribution in [-0.4, -0.2) is 32.7 Å². The second kappa shape index (κ2) is 6.99. The van der Waals surface area contributed by atoms with Crippen molar-refractivity contribution in [3.8, 4) is 17.2 Å². The number of ether oxygens (including phenoxy) is 4. The van der Waals surface area contributed by atoms with Gasteiger partial charge in [-0.3, -0.25) is 0 Å². The van der Waals surface area contributed by atoms with E-state index in [1.54, 1.807) is 32.4 Å². The highest BCUT2D eigenvalue weighted by molar-refractivity contribution is 6.12. The highest BCUT2D eigenvalue weighted by Gasteiger charge is 2.26. The molecule has 2 heterocycles. The first-order valence-electron chi connectivity index (χ1n) is 8.35. The van der Waals surface area contributed by atoms with Crippen molar-refractivity contribution in [3.63, 3.8) is 0 Å². The zero-order chi connectivity index (χ0) is 18.8. The lowest BCUT2D eigenvalue weighted by Gasteiger charge is -2.16. The number of rotatable bonds is 4. The lowest BCUT2D eigenvalue weighted by molar-refractivity contribution is -0.130. The second-order valence-electron chi connectivity index (χ2n) is 5.95. The smallest absolute Gasteiger partial charge is 0.363 e. The van der Waals surface area contributed by atoms with Crippen LogP contribution in [0.3, 0.4) is 0 Å². The zero-order valence-electron chi connectivity index (χ0n) is 14.9. The van der Waals surface area contributed by atoms with Crippen molar-refractivity contribution in [2.24, 2.45) is 4.99 Å². The van der Waals surface area contributed by atoms with Gasteiger partial charge in [0.15, 0.2) is 5.70 Å². The van der Waals surface area contributed by atoms with Crippen LogP contribution in [0, 0.1) is 0 Å². The van der Waals surface area contributed by atoms with E-state index in [0.29, 0.717) is 17.9 Å². The summed E-state index contributed by atoms with van der Waals surface area (Å²) in [5, 5.41) is 0. The quantitative estimate of drug-likeness (QED) is 0.615. The highest BCUT2D eigenvalue weighted by atomic mass is 16.6. The second-order valence-corrected chi connectivity index (χ2v) is 5.95. The molecule has 0 aliphatic carbocycles. The monoisotopic (exact) mass is 363 g/mol. The topological polar surface area (TPSA) is 66.3 Å². The summed E-state index contributed by atoms with van der Waals surface area (Å²) in [6, 6.07) is 12.8. The van der Waals surface area contributed by atoms with Crippen molar-refractivity contribution < 1.29 is 23.7 Å². The molecule has 136 valence electrons. The van der Waals surface area contributed by atoms with Gasteiger partial charge in [0.2, 0.25) is 5.90 Å². The first-order valence-corrected chi connectivity index (χ1v) is 8.35. The Morgan fingerprint density at radius 3 is 2.78 bits per heavy atom. The number of hydrogen-bond acceptors (Lipinski definition) is 6. The lowest BCUT2D eigenvalue weighted by Crippen LogP contribution is -2.08. The number of hydrogen-bond donors (Lipinski definition) is 0. The molecule has 4 rings (SSSR count). The van der Waals surface area contributed by atoms with Crippen molar-refractivity contribution in [1.29, 1.82) is 0 Å². The van der Waals surface area contributed by atoms with Crippen molar-refractivity contribution in [1.82, 2.24) is 0 Å². The number of fused-ring (bicyclic) bond motifs is 1. The molecule has 0 radical (unpaired) electrons. The van der Waals surface area contributed by atoms with E-state index in [1.807, 2.05) is 36.4 Å². The molecular formula is C21H17NO5. The summed E-state index contributed by atoms with van der Waals surface area (Å²) in [5.41, 5.74) is 2.59. The summed E-state index contributed by atoms with van der Waals surface area (Å²) >= 11 is 0. The van der Waals surface area contributed by atoms with Crippen LogP contribution < -0.4 is 14.2 Å². The fraction of sp³-hybridized carbons (Fsp3) is 0.143. The van der Waals surface area contributed by atoms with Gasteiger partial charge in [0.25, 0.3) is 0 Å². The Hall–Kier alpha value is -3.54. The normalized spacial score (nSPS) is 16.8. The van der Waals surface area contributed by atoms with Crippen LogP contribution >= 0.6 is 0 Å². The summed E-state index contributed by atoms with van der Waals surface area (Å²) in [6.07, 6.45) is 3.63. The number of para-hydroxylation sites is 1. The highest BCUT2D eigenvalue weighted by Crippen LogP contribution is 2.31. The number of benzene rings is 2. The lowest BCUT2D eigenvalue weighted by atomic mass is 10.1. The maximum Gasteiger partial charge on any atom is 0.363 e. The van der Waals surface area contributed by atoms with Crippen molar-refractivity contribution in [2.75, 3.05) is 20.8 Å². The molecule has 0 atom stereocenters. The van der Waals surface area contributed by atoms with E-state index in [0.717, 1.165) is 22.6 Å². The molecular weight excluding hydrogens is 346 g/mol. The van der Waals surface area contributed by atoms with Crippen molar-refractivity contribution >= 4 is 17.9 Å². The molecule has 0 amide bonds. The van der Waals surface area contributed by atoms with Crippen LogP contribution in [0.4, 0.5) is 0 Å². The minimum Gasteiger partial charge on any atom is -0.497 e. The molecule has 0 unspecified atom stereocenters. The Labute approximate surface area is 156 Å². The van der Waals surface area contributed by atoms with Gasteiger partial charge >= 0.3 is 5.97 Å². The molecule has 2 aromatic rings. The number of nitrogens with zero attached hydrogens (tertiary/aromatic N) is 1. The third-order valence-electron chi connectivity index (χ3n) is 4.24. The Kier molecular flexibility index (Phi) is 4.38. The van der Waals surface area contributed by atoms with E-state index in [4.69, 9.17) is 18.9 Å². The number of methoxy groups -OCH3 is 2. The Morgan fingerprint density at radius 2 is 1.96 bits per heavy atom. The summed E-state index contributed by atoms with van der Waals surface area (Å²) in [4.78, 5) is 16.6. The first-order chi connectivity index (χ1) is 13.2. The van der Waals surface area contributed by atoms with Gasteiger partial charge in [-0.05, 0) is 42.0 Å². The van der Waals surface area contributed by atoms with Crippen LogP contribution in [0.2, 0.25) is 0 Å². The minimum atomic E-state index is -0.502. The largest absolute Gasteiger partial charge is 0.497 e. The van der Waals surface area contributed by atoms with E-state index in [1.165, 1.54) is 0 Å². The number of carbonyl (C=O) groups excluding carboxylic acids is 1. The minimum absolute atomic E-state index is 0.225. The average Bonchev–Trinajstić information content (AvgIpc) is 3.07. The summed E-state index contributed by atoms with van der Waals surface area (Å²) in [6.45, 7) is 0.330. The van der Waals surface area contributed by atoms with Crippen LogP contribution in [0.25, 0.3) is 6.08 Å². The van der Waals surface area contributed by atoms with Gasteiger partial charge in [-0.25, -0.2) is 9.79 Å². The van der Waals surface area contributed by atoms with Crippen LogP contribution in [0.1, 0.15) is 11.1 Å². The number of esters is 1. The maximum atomic E-state index is 12.2. The van der Waals surface area contributed by atoms with Crippen molar-refractivity contribution in [3.05, 3.63) is 70.9 Å². The third kappa shape index (κ3) is 3.29. The van der Waals surface area contributed by atoms with Crippen LogP contribution in [0.15, 0.2) is 64.8 Å². The van der Waals surface area contributed by atoms with Gasteiger partial charge in [0.1, 0.15) is 23.9 Å². The standard InChI is InChI=1S/C21H17NO5/c1-24-15-8-7-14-9-13(12-26-19(14)11-15)10-17-21(23)27-20(22-17)16-5-3-4-6-18(16)25-2/h3-11H,12H2,1-2H3/b17-10+. The van der Waals surface area contributed by atoms with Crippen LogP contribution in [-0.2, 0) is 9.53 Å². The average molecular weight is 363 g/mol. The first kappa shape index (κ1) is 16.9. The Balaban J connectivity index is 1.65. The molecule has 0 N–H and O–H groups in total. The maximum absolute atomic E-state index is 12.2. The molecule has 2 aliphatic heterocycles. The SMILES string of the molecule is COc1ccc2c(c1)OCC(/C=C1/N=C(c3ccccc3OC)OC1=O)=C2. The molecule has 0 aromatic heterocycles. The van der Waals surface area contributed by atoms with E-state index in [-0.39, 0.29) is 11.6 Å². The summed E-state index contributed by atoms with van der Waals surface area (Å²) in [7, 11) is 3.17. The number of cyclic esters (lactones) is 1. The molecule has 0 saturated heterocycles. The molecule has 6 heteroatoms. The third-order valence-corrected chi connectivity index (χ3v) is 4.24. The van der Waals surface area contributed by atoms with Gasteiger partial charge in [-0.15, -0.1) is 0 Å². The molecule has 0 bridgehead atoms. The summed E-state index contributed by atoms with van der Waals surface area (Å²) < 4.78 is 21.6. The van der Waals surface area contributed by atoms with E-state index in [2.05, 4.69) is 4.99 Å². The molecule has 2 aliphatic rings. The van der Waals surface area contributed by atoms with Gasteiger partial charge in [0.05, 0.1) is 19.8 Å². The molecule has 27 heavy (non-hydrogen) atoms. The number of aliphatic imine (C=N–C) groups is 1. The molecule has 0 saturated carbocycles. The molecule has 0 spiro atoms. The summed E-state index contributed by atoms with van der Waals surface area (Å²) in [5.74, 6) is 1.79. The van der Waals surface area contributed by atoms with Gasteiger partial charge < -0.3 is 18.9 Å². The van der Waals surface area contributed by atoms with Gasteiger partial charge in [-0.1, -0.05) is 12.1 Å². The predicted octanol–water partition coefficient (Wildman–Crippen LogP) is 3.37. The molecule has 6 nitrogen and oxygen atoms in total. The molecule has 2 aromatic carbocycles. The van der Waals surface area contributed by atoms with E-state index >= 15 is 0 Å². The fourth-order valence-corrected chi connectivity index (χ4v) is 2.89. The predicted molar refractivity (Wildman–Crippen MR) is 100 cm³/mol. The van der Waals surface area contributed by atoms with Crippen molar-refractivity contribution in [2.45, 2.75) is 0 Å². The Morgan fingerprint density at radius 1 is 1.11 bits per heavy atom. The zero-order valence-corrected chi connectivity index (χ0v) is 14.9. The van der Waals surface area contributed by atoms with Gasteiger partial charge in [-0.2, -0.15) is 0 Å². The number of carbonyl (C=O) groups is 1. The van der Waals surface area contributed by atoms with E-state index < -0.39 is 5.97 Å². The van der Waals surface area contributed by atoms with E-state index in [9.17, 15) is 4.79 Å². The Bertz CT molecular complexity index is 1000.